The molecule has 3 aliphatic rings. The molecule has 2 atom stereocenters. The van der Waals surface area contributed by atoms with Crippen molar-refractivity contribution in [3.8, 4) is 5.69 Å². The number of carbonyl (C=O) groups is 2. The molecule has 2 aromatic carbocycles. The van der Waals surface area contributed by atoms with Crippen LogP contribution in [0.5, 0.6) is 0 Å². The SMILES string of the molecule is CCC.O=C(N[C@@H]1[C@@H](c2ccccc2)N(c2cnc3c(cnn3-c3ccc(F)cc3)c2)C(=O)C12CC2)C1CC1.[HH]. The second kappa shape index (κ2) is 9.91. The van der Waals surface area contributed by atoms with Crippen molar-refractivity contribution in [2.45, 2.75) is 58.0 Å². The van der Waals surface area contributed by atoms with E-state index in [1.165, 1.54) is 18.6 Å². The summed E-state index contributed by atoms with van der Waals surface area (Å²) in [7, 11) is 0. The number of carbonyl (C=O) groups excluding carboxylic acids is 2. The molecule has 0 radical (unpaired) electrons. The van der Waals surface area contributed by atoms with Crippen molar-refractivity contribution in [1.29, 1.82) is 0 Å². The molecular formula is C31H34FN5O2. The minimum atomic E-state index is -0.571. The number of hydrogen-bond acceptors (Lipinski definition) is 4. The van der Waals surface area contributed by atoms with Gasteiger partial charge in [0.2, 0.25) is 11.8 Å². The van der Waals surface area contributed by atoms with Crippen LogP contribution in [0.25, 0.3) is 16.7 Å². The molecule has 202 valence electrons. The van der Waals surface area contributed by atoms with Gasteiger partial charge in [0.1, 0.15) is 5.82 Å². The highest BCUT2D eigenvalue weighted by Gasteiger charge is 2.67. The number of halogens is 1. The number of fused-ring (bicyclic) bond motifs is 1. The molecule has 1 N–H and O–H groups in total. The summed E-state index contributed by atoms with van der Waals surface area (Å²) in [5, 5.41) is 8.49. The van der Waals surface area contributed by atoms with Gasteiger partial charge >= 0.3 is 0 Å². The van der Waals surface area contributed by atoms with Gasteiger partial charge in [0, 0.05) is 12.7 Å². The molecule has 2 amide bonds. The first-order valence-electron chi connectivity index (χ1n) is 13.8. The van der Waals surface area contributed by atoms with Crippen LogP contribution in [0, 0.1) is 17.2 Å². The van der Waals surface area contributed by atoms with Crippen LogP contribution in [0.3, 0.4) is 0 Å². The molecule has 7 nitrogen and oxygen atoms in total. The number of pyridine rings is 1. The summed E-state index contributed by atoms with van der Waals surface area (Å²) in [6.07, 6.45) is 8.00. The summed E-state index contributed by atoms with van der Waals surface area (Å²) in [6.45, 7) is 4.25. The lowest BCUT2D eigenvalue weighted by Crippen LogP contribution is -2.44. The summed E-state index contributed by atoms with van der Waals surface area (Å²) in [5.74, 6) is -0.167. The average Bonchev–Trinajstić information content (AvgIpc) is 3.88. The maximum atomic E-state index is 13.9. The van der Waals surface area contributed by atoms with Crippen molar-refractivity contribution in [2.24, 2.45) is 11.3 Å². The number of nitrogens with zero attached hydrogens (tertiary/aromatic N) is 4. The van der Waals surface area contributed by atoms with Gasteiger partial charge in [-0.2, -0.15) is 5.10 Å². The van der Waals surface area contributed by atoms with Crippen molar-refractivity contribution in [3.63, 3.8) is 0 Å². The Morgan fingerprint density at radius 2 is 1.74 bits per heavy atom. The molecule has 2 aliphatic carbocycles. The Hall–Kier alpha value is -4.07. The molecule has 3 fully saturated rings. The Balaban J connectivity index is 0.000000774. The standard InChI is InChI=1S/C28H24FN5O2.C3H8.H2/c29-20-8-10-21(11-9-20)34-25-19(15-31-34)14-22(16-30-25)33-23(17-4-2-1-3-5-17)24(28(12-13-28)27(33)36)32-26(35)18-6-7-18;1-3-2;/h1-5,8-11,14-16,18,23-24H,6-7,12-13H2,(H,32,35);3H2,1-2H3;1H/t23-,24-;;/m1../s1. The Kier molecular flexibility index (Phi) is 6.41. The number of rotatable bonds is 5. The number of nitrogens with one attached hydrogen (secondary N) is 1. The molecule has 0 bridgehead atoms. The van der Waals surface area contributed by atoms with Crippen LogP contribution in [-0.4, -0.2) is 32.6 Å². The van der Waals surface area contributed by atoms with Crippen molar-refractivity contribution < 1.29 is 15.4 Å². The van der Waals surface area contributed by atoms with Gasteiger partial charge in [0.05, 0.1) is 41.3 Å². The molecule has 1 spiro atoms. The summed E-state index contributed by atoms with van der Waals surface area (Å²) >= 11 is 0. The predicted octanol–water partition coefficient (Wildman–Crippen LogP) is 5.98. The topological polar surface area (TPSA) is 80.1 Å². The maximum absolute atomic E-state index is 13.9. The Morgan fingerprint density at radius 1 is 1.05 bits per heavy atom. The lowest BCUT2D eigenvalue weighted by Gasteiger charge is -2.29. The van der Waals surface area contributed by atoms with Gasteiger partial charge in [-0.15, -0.1) is 0 Å². The van der Waals surface area contributed by atoms with Gasteiger partial charge in [0.25, 0.3) is 0 Å². The second-order valence-electron chi connectivity index (χ2n) is 10.8. The largest absolute Gasteiger partial charge is 0.350 e. The van der Waals surface area contributed by atoms with Crippen LogP contribution in [0.4, 0.5) is 10.1 Å². The van der Waals surface area contributed by atoms with Crippen LogP contribution in [0.1, 0.15) is 59.0 Å². The number of amides is 2. The van der Waals surface area contributed by atoms with Crippen LogP contribution in [0.2, 0.25) is 0 Å². The Bertz CT molecular complexity index is 1520. The summed E-state index contributed by atoms with van der Waals surface area (Å²) in [5.41, 5.74) is 2.41. The summed E-state index contributed by atoms with van der Waals surface area (Å²) in [6, 6.07) is 17.3. The molecule has 4 aromatic rings. The first-order chi connectivity index (χ1) is 19.0. The van der Waals surface area contributed by atoms with Crippen LogP contribution < -0.4 is 10.2 Å². The average molecular weight is 528 g/mol. The van der Waals surface area contributed by atoms with Crippen molar-refractivity contribution in [1.82, 2.24) is 20.1 Å². The molecule has 3 heterocycles. The molecule has 8 heteroatoms. The number of benzene rings is 2. The van der Waals surface area contributed by atoms with Crippen LogP contribution in [-0.2, 0) is 9.59 Å². The highest BCUT2D eigenvalue weighted by atomic mass is 19.1. The number of anilines is 1. The zero-order valence-corrected chi connectivity index (χ0v) is 22.2. The highest BCUT2D eigenvalue weighted by molar-refractivity contribution is 6.05. The smallest absolute Gasteiger partial charge is 0.236 e. The number of aromatic nitrogens is 3. The van der Waals surface area contributed by atoms with E-state index in [9.17, 15) is 14.0 Å². The van der Waals surface area contributed by atoms with Gasteiger partial charge < -0.3 is 10.2 Å². The van der Waals surface area contributed by atoms with E-state index in [1.807, 2.05) is 41.3 Å². The third-order valence-electron chi connectivity index (χ3n) is 7.75. The summed E-state index contributed by atoms with van der Waals surface area (Å²) in [4.78, 5) is 33.3. The molecular weight excluding hydrogens is 493 g/mol. The van der Waals surface area contributed by atoms with E-state index < -0.39 is 5.41 Å². The molecule has 1 aliphatic heterocycles. The molecule has 2 aromatic heterocycles. The first-order valence-corrected chi connectivity index (χ1v) is 13.8. The molecule has 0 unspecified atom stereocenters. The third-order valence-corrected chi connectivity index (χ3v) is 7.75. The lowest BCUT2D eigenvalue weighted by atomic mass is 9.91. The first kappa shape index (κ1) is 25.2. The number of hydrogen-bond donors (Lipinski definition) is 1. The van der Waals surface area contributed by atoms with E-state index in [0.717, 1.165) is 36.6 Å². The van der Waals surface area contributed by atoms with Gasteiger partial charge in [0.15, 0.2) is 5.65 Å². The predicted molar refractivity (Wildman–Crippen MR) is 150 cm³/mol. The Morgan fingerprint density at radius 3 is 2.38 bits per heavy atom. The third kappa shape index (κ3) is 4.47. The highest BCUT2D eigenvalue weighted by Crippen LogP contribution is 2.60. The minimum absolute atomic E-state index is 0. The van der Waals surface area contributed by atoms with Crippen LogP contribution >= 0.6 is 0 Å². The van der Waals surface area contributed by atoms with E-state index >= 15 is 0 Å². The monoisotopic (exact) mass is 527 g/mol. The van der Waals surface area contributed by atoms with Gasteiger partial charge in [-0.25, -0.2) is 14.1 Å². The van der Waals surface area contributed by atoms with E-state index in [-0.39, 0.29) is 37.1 Å². The minimum Gasteiger partial charge on any atom is -0.350 e. The molecule has 1 saturated heterocycles. The summed E-state index contributed by atoms with van der Waals surface area (Å²) < 4.78 is 15.1. The van der Waals surface area contributed by atoms with Crippen molar-refractivity contribution in [3.05, 3.63) is 84.4 Å². The van der Waals surface area contributed by atoms with E-state index in [1.54, 1.807) is 29.2 Å². The lowest BCUT2D eigenvalue weighted by molar-refractivity contribution is -0.124. The molecule has 39 heavy (non-hydrogen) atoms. The van der Waals surface area contributed by atoms with Gasteiger partial charge in [-0.1, -0.05) is 50.6 Å². The van der Waals surface area contributed by atoms with Gasteiger partial charge in [-0.3, -0.25) is 9.59 Å². The second-order valence-corrected chi connectivity index (χ2v) is 10.8. The fourth-order valence-corrected chi connectivity index (χ4v) is 5.53. The quantitative estimate of drug-likeness (QED) is 0.346. The fraction of sp³-hybridized carbons (Fsp3) is 0.355. The zero-order valence-electron chi connectivity index (χ0n) is 22.2. The van der Waals surface area contributed by atoms with E-state index in [0.29, 0.717) is 17.0 Å². The van der Waals surface area contributed by atoms with Crippen molar-refractivity contribution >= 4 is 28.5 Å². The maximum Gasteiger partial charge on any atom is 0.236 e. The Labute approximate surface area is 228 Å². The zero-order chi connectivity index (χ0) is 27.1. The van der Waals surface area contributed by atoms with E-state index in [4.69, 9.17) is 0 Å². The normalized spacial score (nSPS) is 21.1. The van der Waals surface area contributed by atoms with Crippen LogP contribution in [0.15, 0.2) is 73.1 Å². The van der Waals surface area contributed by atoms with E-state index in [2.05, 4.69) is 29.2 Å². The molecule has 2 saturated carbocycles. The molecule has 7 rings (SSSR count). The van der Waals surface area contributed by atoms with Crippen molar-refractivity contribution in [2.75, 3.05) is 4.90 Å². The fourth-order valence-electron chi connectivity index (χ4n) is 5.53. The van der Waals surface area contributed by atoms with Gasteiger partial charge in [-0.05, 0) is 61.6 Å².